The first kappa shape index (κ1) is 20.5. The van der Waals surface area contributed by atoms with E-state index in [1.54, 1.807) is 0 Å². The Hall–Kier alpha value is -0.210. The van der Waals surface area contributed by atoms with Gasteiger partial charge in [0.25, 0.3) is 0 Å². The van der Waals surface area contributed by atoms with Gasteiger partial charge in [-0.3, -0.25) is 9.11 Å². The van der Waals surface area contributed by atoms with Gasteiger partial charge >= 0.3 is 10.4 Å². The van der Waals surface area contributed by atoms with Crippen LogP contribution in [-0.2, 0) is 10.4 Å². The second-order valence-corrected chi connectivity index (χ2v) is 10.6. The average molecular weight is 391 g/mol. The lowest BCUT2D eigenvalue weighted by Gasteiger charge is -2.60. The summed E-state index contributed by atoms with van der Waals surface area (Å²) in [5.41, 5.74) is 0.676. The van der Waals surface area contributed by atoms with Crippen LogP contribution in [0.4, 0.5) is 0 Å². The number of fused-ring (bicyclic) bond motifs is 5. The van der Waals surface area contributed by atoms with Crippen molar-refractivity contribution in [2.45, 2.75) is 83.8 Å². The first-order valence-electron chi connectivity index (χ1n) is 10.0. The monoisotopic (exact) mass is 390 g/mol. The van der Waals surface area contributed by atoms with E-state index in [9.17, 15) is 10.2 Å². The van der Waals surface area contributed by atoms with E-state index in [0.29, 0.717) is 5.41 Å². The van der Waals surface area contributed by atoms with Crippen LogP contribution in [0.2, 0.25) is 0 Å². The molecule has 0 aromatic rings. The lowest BCUT2D eigenvalue weighted by atomic mass is 9.45. The maximum Gasteiger partial charge on any atom is 0.394 e. The molecule has 152 valence electrons. The van der Waals surface area contributed by atoms with Crippen LogP contribution in [0, 0.1) is 34.5 Å². The van der Waals surface area contributed by atoms with Crippen molar-refractivity contribution in [3.05, 3.63) is 0 Å². The highest BCUT2D eigenvalue weighted by molar-refractivity contribution is 7.79. The molecule has 4 N–H and O–H groups in total. The van der Waals surface area contributed by atoms with Gasteiger partial charge in [0, 0.05) is 0 Å². The summed E-state index contributed by atoms with van der Waals surface area (Å²) in [5.74, 6) is 3.21. The van der Waals surface area contributed by atoms with Gasteiger partial charge in [-0.25, -0.2) is 0 Å². The minimum atomic E-state index is -4.67. The Bertz CT molecular complexity index is 614. The zero-order valence-electron chi connectivity index (χ0n) is 15.8. The third-order valence-electron chi connectivity index (χ3n) is 8.59. The van der Waals surface area contributed by atoms with Gasteiger partial charge in [-0.15, -0.1) is 0 Å². The van der Waals surface area contributed by atoms with Crippen molar-refractivity contribution in [3.63, 3.8) is 0 Å². The van der Waals surface area contributed by atoms with Crippen LogP contribution >= 0.6 is 0 Å². The van der Waals surface area contributed by atoms with Gasteiger partial charge in [0.15, 0.2) is 0 Å². The topological polar surface area (TPSA) is 115 Å². The molecule has 0 heterocycles. The molecular weight excluding hydrogens is 356 g/mol. The molecule has 7 heteroatoms. The summed E-state index contributed by atoms with van der Waals surface area (Å²) in [6.07, 6.45) is 10.7. The van der Waals surface area contributed by atoms with Crippen molar-refractivity contribution in [1.82, 2.24) is 0 Å². The molecule has 26 heavy (non-hydrogen) atoms. The molecule has 0 spiro atoms. The summed E-state index contributed by atoms with van der Waals surface area (Å²) in [5, 5.41) is 20.5. The summed E-state index contributed by atoms with van der Waals surface area (Å²) >= 11 is 0. The SMILES string of the molecule is C[C@]12CCC(O)C[C@@H]1CC[C@@H]1[C@@H]2CC[C@]2(C)C(O)CC[C@@H]12.O=S(=O)(O)O. The van der Waals surface area contributed by atoms with E-state index in [4.69, 9.17) is 17.5 Å². The van der Waals surface area contributed by atoms with Gasteiger partial charge in [-0.2, -0.15) is 8.42 Å². The fourth-order valence-electron chi connectivity index (χ4n) is 7.21. The molecule has 0 aromatic heterocycles. The maximum absolute atomic E-state index is 10.5. The highest BCUT2D eigenvalue weighted by atomic mass is 32.3. The van der Waals surface area contributed by atoms with E-state index in [1.165, 1.54) is 38.5 Å². The van der Waals surface area contributed by atoms with Crippen molar-refractivity contribution in [2.75, 3.05) is 0 Å². The van der Waals surface area contributed by atoms with Crippen LogP contribution in [0.3, 0.4) is 0 Å². The van der Waals surface area contributed by atoms with Gasteiger partial charge in [0.2, 0.25) is 0 Å². The Morgan fingerprint density at radius 2 is 1.38 bits per heavy atom. The molecule has 0 bridgehead atoms. The Kier molecular flexibility index (Phi) is 5.52. The minimum Gasteiger partial charge on any atom is -0.393 e. The second kappa shape index (κ2) is 6.99. The molecule has 4 aliphatic rings. The predicted octanol–water partition coefficient (Wildman–Crippen LogP) is 3.10. The zero-order valence-corrected chi connectivity index (χ0v) is 16.7. The first-order chi connectivity index (χ1) is 11.9. The van der Waals surface area contributed by atoms with Crippen LogP contribution in [0.5, 0.6) is 0 Å². The van der Waals surface area contributed by atoms with Crippen molar-refractivity contribution < 1.29 is 27.7 Å². The quantitative estimate of drug-likeness (QED) is 0.473. The normalized spacial score (nSPS) is 50.7. The van der Waals surface area contributed by atoms with Gasteiger partial charge in [0.05, 0.1) is 12.2 Å². The fraction of sp³-hybridized carbons (Fsp3) is 1.00. The van der Waals surface area contributed by atoms with Crippen molar-refractivity contribution in [3.8, 4) is 0 Å². The number of aliphatic hydroxyl groups is 2. The molecule has 6 nitrogen and oxygen atoms in total. The predicted molar refractivity (Wildman–Crippen MR) is 97.9 cm³/mol. The zero-order chi connectivity index (χ0) is 19.3. The third kappa shape index (κ3) is 3.70. The standard InChI is InChI=1S/C19H32O2.H2O4S/c1-18-9-7-13(20)11-12(18)3-4-14-15-5-6-17(21)19(15,2)10-8-16(14)18;1-5(2,3)4/h12-17,20-21H,3-11H2,1-2H3;(H2,1,2,3,4)/t12-,13?,14-,15-,16-,17?,18-,19-;/m0./s1. The van der Waals surface area contributed by atoms with E-state index in [1.807, 2.05) is 0 Å². The van der Waals surface area contributed by atoms with E-state index in [0.717, 1.165) is 42.9 Å². The third-order valence-corrected chi connectivity index (χ3v) is 8.59. The Balaban J connectivity index is 0.000000349. The molecule has 0 aliphatic heterocycles. The van der Waals surface area contributed by atoms with Crippen molar-refractivity contribution in [1.29, 1.82) is 0 Å². The summed E-state index contributed by atoms with van der Waals surface area (Å²) in [6.45, 7) is 4.90. The number of rotatable bonds is 0. The molecule has 4 rings (SSSR count). The molecule has 8 atom stereocenters. The van der Waals surface area contributed by atoms with Crippen molar-refractivity contribution in [2.24, 2.45) is 34.5 Å². The number of hydrogen-bond acceptors (Lipinski definition) is 4. The van der Waals surface area contributed by atoms with Crippen molar-refractivity contribution >= 4 is 10.4 Å². The molecule has 0 radical (unpaired) electrons. The fourth-order valence-corrected chi connectivity index (χ4v) is 7.21. The smallest absolute Gasteiger partial charge is 0.393 e. The van der Waals surface area contributed by atoms with Gasteiger partial charge in [-0.05, 0) is 92.3 Å². The van der Waals surface area contributed by atoms with Crippen LogP contribution in [0.25, 0.3) is 0 Å². The summed E-state index contributed by atoms with van der Waals surface area (Å²) in [4.78, 5) is 0. The molecule has 0 aromatic carbocycles. The van der Waals surface area contributed by atoms with E-state index in [-0.39, 0.29) is 17.6 Å². The van der Waals surface area contributed by atoms with E-state index < -0.39 is 10.4 Å². The molecule has 4 fully saturated rings. The van der Waals surface area contributed by atoms with Crippen LogP contribution in [0.15, 0.2) is 0 Å². The highest BCUT2D eigenvalue weighted by Gasteiger charge is 2.59. The lowest BCUT2D eigenvalue weighted by molar-refractivity contribution is -0.133. The number of hydrogen-bond donors (Lipinski definition) is 4. The number of aliphatic hydroxyl groups excluding tert-OH is 2. The largest absolute Gasteiger partial charge is 0.394 e. The van der Waals surface area contributed by atoms with Gasteiger partial charge in [0.1, 0.15) is 0 Å². The second-order valence-electron chi connectivity index (χ2n) is 9.67. The Morgan fingerprint density at radius 3 is 2.04 bits per heavy atom. The Morgan fingerprint density at radius 1 is 0.808 bits per heavy atom. The average Bonchev–Trinajstić information content (AvgIpc) is 2.82. The minimum absolute atomic E-state index is 0.0400. The summed E-state index contributed by atoms with van der Waals surface area (Å²) in [7, 11) is -4.67. The Labute approximate surface area is 157 Å². The molecule has 0 saturated heterocycles. The van der Waals surface area contributed by atoms with Crippen LogP contribution in [-0.4, -0.2) is 39.9 Å². The van der Waals surface area contributed by atoms with Gasteiger partial charge < -0.3 is 10.2 Å². The molecule has 2 unspecified atom stereocenters. The summed E-state index contributed by atoms with van der Waals surface area (Å²) in [6, 6.07) is 0. The van der Waals surface area contributed by atoms with Crippen LogP contribution in [0.1, 0.15) is 71.6 Å². The lowest BCUT2D eigenvalue weighted by Crippen LogP contribution is -2.54. The maximum atomic E-state index is 10.5. The molecule has 4 saturated carbocycles. The van der Waals surface area contributed by atoms with Gasteiger partial charge in [-0.1, -0.05) is 13.8 Å². The highest BCUT2D eigenvalue weighted by Crippen LogP contribution is 2.66. The van der Waals surface area contributed by atoms with Crippen LogP contribution < -0.4 is 0 Å². The summed E-state index contributed by atoms with van der Waals surface area (Å²) < 4.78 is 31.6. The molecular formula is C19H34O6S. The van der Waals surface area contributed by atoms with E-state index in [2.05, 4.69) is 13.8 Å². The van der Waals surface area contributed by atoms with E-state index >= 15 is 0 Å². The first-order valence-corrected chi connectivity index (χ1v) is 11.4. The molecule has 4 aliphatic carbocycles. The molecule has 0 amide bonds.